The van der Waals surface area contributed by atoms with Crippen molar-refractivity contribution >= 4 is 46.1 Å². The standard InChI is InChI=1S/C30H23N3O6/c1-2-19-7-12-22(13-8-19)32-29(35)26(28(34)31-30(32)36)17-25-24-6-4-3-5-21(24)11-16-27(25)39-18-20-9-14-23(15-10-20)33(37)38/h3-17H,2,18H2,1H3,(H,31,34,36)/b26-17+. The number of rotatable bonds is 7. The number of benzene rings is 4. The number of ether oxygens (including phenoxy) is 1. The summed E-state index contributed by atoms with van der Waals surface area (Å²) >= 11 is 0. The molecule has 1 heterocycles. The number of nitrogens with one attached hydrogen (secondary N) is 1. The van der Waals surface area contributed by atoms with Crippen LogP contribution in [0.4, 0.5) is 16.2 Å². The molecular formula is C30H23N3O6. The number of fused-ring (bicyclic) bond motifs is 1. The summed E-state index contributed by atoms with van der Waals surface area (Å²) < 4.78 is 6.06. The van der Waals surface area contributed by atoms with E-state index in [1.807, 2.05) is 49.4 Å². The van der Waals surface area contributed by atoms with Crippen molar-refractivity contribution in [3.63, 3.8) is 0 Å². The number of urea groups is 1. The molecule has 1 N–H and O–H groups in total. The van der Waals surface area contributed by atoms with Gasteiger partial charge in [0.25, 0.3) is 17.5 Å². The molecule has 0 spiro atoms. The number of hydrogen-bond donors (Lipinski definition) is 1. The van der Waals surface area contributed by atoms with Crippen LogP contribution in [0.15, 0.2) is 90.5 Å². The molecule has 4 aromatic rings. The van der Waals surface area contributed by atoms with Crippen LogP contribution in [0.1, 0.15) is 23.6 Å². The summed E-state index contributed by atoms with van der Waals surface area (Å²) in [5, 5.41) is 14.8. The molecule has 5 rings (SSSR count). The topological polar surface area (TPSA) is 119 Å². The normalized spacial score (nSPS) is 14.5. The monoisotopic (exact) mass is 521 g/mol. The Labute approximate surface area is 223 Å². The minimum atomic E-state index is -0.820. The van der Waals surface area contributed by atoms with Crippen molar-refractivity contribution in [1.82, 2.24) is 5.32 Å². The number of nitrogens with zero attached hydrogens (tertiary/aromatic N) is 2. The van der Waals surface area contributed by atoms with Gasteiger partial charge in [0, 0.05) is 17.7 Å². The molecule has 194 valence electrons. The van der Waals surface area contributed by atoms with Crippen molar-refractivity contribution < 1.29 is 24.0 Å². The molecule has 0 aromatic heterocycles. The number of anilines is 1. The second-order valence-corrected chi connectivity index (χ2v) is 8.89. The second kappa shape index (κ2) is 10.6. The summed E-state index contributed by atoms with van der Waals surface area (Å²) in [4.78, 5) is 50.4. The van der Waals surface area contributed by atoms with Crippen LogP contribution in [0.25, 0.3) is 16.8 Å². The Hall–Kier alpha value is -5.31. The maximum atomic E-state index is 13.5. The number of non-ortho nitro benzene ring substituents is 1. The fraction of sp³-hybridized carbons (Fsp3) is 0.100. The lowest BCUT2D eigenvalue weighted by atomic mass is 9.99. The lowest BCUT2D eigenvalue weighted by molar-refractivity contribution is -0.384. The average molecular weight is 522 g/mol. The number of amides is 4. The van der Waals surface area contributed by atoms with Gasteiger partial charge in [-0.2, -0.15) is 0 Å². The highest BCUT2D eigenvalue weighted by Gasteiger charge is 2.37. The zero-order valence-corrected chi connectivity index (χ0v) is 20.9. The molecule has 4 aromatic carbocycles. The van der Waals surface area contributed by atoms with Crippen molar-refractivity contribution in [2.75, 3.05) is 4.90 Å². The molecule has 0 unspecified atom stereocenters. The molecule has 4 amide bonds. The van der Waals surface area contributed by atoms with Crippen molar-refractivity contribution in [2.24, 2.45) is 0 Å². The van der Waals surface area contributed by atoms with Gasteiger partial charge in [-0.05, 0) is 64.7 Å². The van der Waals surface area contributed by atoms with Gasteiger partial charge in [0.1, 0.15) is 17.9 Å². The Bertz CT molecular complexity index is 1640. The zero-order chi connectivity index (χ0) is 27.5. The molecule has 0 atom stereocenters. The van der Waals surface area contributed by atoms with Crippen molar-refractivity contribution in [1.29, 1.82) is 0 Å². The molecule has 9 heteroatoms. The number of nitro groups is 1. The smallest absolute Gasteiger partial charge is 0.335 e. The van der Waals surface area contributed by atoms with E-state index >= 15 is 0 Å². The van der Waals surface area contributed by atoms with E-state index < -0.39 is 22.8 Å². The summed E-state index contributed by atoms with van der Waals surface area (Å²) in [5.74, 6) is -1.15. The summed E-state index contributed by atoms with van der Waals surface area (Å²) in [6.07, 6.45) is 2.23. The second-order valence-electron chi connectivity index (χ2n) is 8.89. The molecule has 0 bridgehead atoms. The van der Waals surface area contributed by atoms with Crippen LogP contribution in [0.3, 0.4) is 0 Å². The van der Waals surface area contributed by atoms with Crippen LogP contribution in [0, 0.1) is 10.1 Å². The van der Waals surface area contributed by atoms with E-state index in [1.165, 1.54) is 18.2 Å². The van der Waals surface area contributed by atoms with Crippen LogP contribution in [-0.2, 0) is 22.6 Å². The molecule has 39 heavy (non-hydrogen) atoms. The van der Waals surface area contributed by atoms with E-state index in [0.29, 0.717) is 22.6 Å². The lowest BCUT2D eigenvalue weighted by Crippen LogP contribution is -2.54. The summed E-state index contributed by atoms with van der Waals surface area (Å²) in [6, 6.07) is 23.2. The Balaban J connectivity index is 1.53. The van der Waals surface area contributed by atoms with E-state index in [-0.39, 0.29) is 17.9 Å². The third kappa shape index (κ3) is 5.10. The number of carbonyl (C=O) groups is 3. The van der Waals surface area contributed by atoms with Crippen molar-refractivity contribution in [3.8, 4) is 5.75 Å². The highest BCUT2D eigenvalue weighted by Crippen LogP contribution is 2.32. The number of carbonyl (C=O) groups excluding carboxylic acids is 3. The zero-order valence-electron chi connectivity index (χ0n) is 20.9. The van der Waals surface area contributed by atoms with Gasteiger partial charge in [-0.25, -0.2) is 9.69 Å². The quantitative estimate of drug-likeness (QED) is 0.147. The average Bonchev–Trinajstić information content (AvgIpc) is 2.95. The first-order valence-electron chi connectivity index (χ1n) is 12.2. The molecule has 0 saturated carbocycles. The lowest BCUT2D eigenvalue weighted by Gasteiger charge is -2.26. The fourth-order valence-corrected chi connectivity index (χ4v) is 4.34. The summed E-state index contributed by atoms with van der Waals surface area (Å²) in [5.41, 5.74) is 2.34. The van der Waals surface area contributed by atoms with Gasteiger partial charge in [-0.1, -0.05) is 49.4 Å². The number of aryl methyl sites for hydroxylation is 1. The number of imide groups is 2. The highest BCUT2D eigenvalue weighted by atomic mass is 16.6. The maximum Gasteiger partial charge on any atom is 0.335 e. The largest absolute Gasteiger partial charge is 0.488 e. The first-order valence-corrected chi connectivity index (χ1v) is 12.2. The molecule has 1 fully saturated rings. The highest BCUT2D eigenvalue weighted by molar-refractivity contribution is 6.39. The van der Waals surface area contributed by atoms with Crippen LogP contribution in [-0.4, -0.2) is 22.8 Å². The summed E-state index contributed by atoms with van der Waals surface area (Å²) in [7, 11) is 0. The van der Waals surface area contributed by atoms with Gasteiger partial charge in [0.05, 0.1) is 10.6 Å². The van der Waals surface area contributed by atoms with Crippen LogP contribution in [0.2, 0.25) is 0 Å². The number of hydrogen-bond acceptors (Lipinski definition) is 6. The van der Waals surface area contributed by atoms with E-state index in [9.17, 15) is 24.5 Å². The predicted octanol–water partition coefficient (Wildman–Crippen LogP) is 5.56. The maximum absolute atomic E-state index is 13.5. The molecular weight excluding hydrogens is 498 g/mol. The first-order chi connectivity index (χ1) is 18.9. The minimum Gasteiger partial charge on any atom is -0.488 e. The van der Waals surface area contributed by atoms with Gasteiger partial charge in [-0.15, -0.1) is 0 Å². The molecule has 0 aliphatic carbocycles. The minimum absolute atomic E-state index is 0.0277. The summed E-state index contributed by atoms with van der Waals surface area (Å²) in [6.45, 7) is 2.10. The Kier molecular flexibility index (Phi) is 6.88. The van der Waals surface area contributed by atoms with E-state index in [0.717, 1.165) is 27.7 Å². The van der Waals surface area contributed by atoms with Crippen molar-refractivity contribution in [3.05, 3.63) is 117 Å². The van der Waals surface area contributed by atoms with Crippen molar-refractivity contribution in [2.45, 2.75) is 20.0 Å². The Morgan fingerprint density at radius 2 is 1.59 bits per heavy atom. The van der Waals surface area contributed by atoms with E-state index in [2.05, 4.69) is 5.32 Å². The molecule has 0 radical (unpaired) electrons. The predicted molar refractivity (Wildman–Crippen MR) is 146 cm³/mol. The van der Waals surface area contributed by atoms with Crippen LogP contribution in [0.5, 0.6) is 5.75 Å². The SMILES string of the molecule is CCc1ccc(N2C(=O)NC(=O)/C(=C\c3c(OCc4ccc([N+](=O)[O-])cc4)ccc4ccccc34)C2=O)cc1. The molecule has 1 saturated heterocycles. The number of barbiturate groups is 1. The van der Waals surface area contributed by atoms with Gasteiger partial charge >= 0.3 is 6.03 Å². The molecule has 9 nitrogen and oxygen atoms in total. The van der Waals surface area contributed by atoms with E-state index in [4.69, 9.17) is 4.74 Å². The third-order valence-electron chi connectivity index (χ3n) is 6.47. The van der Waals surface area contributed by atoms with Gasteiger partial charge in [0.15, 0.2) is 0 Å². The van der Waals surface area contributed by atoms with Crippen LogP contribution >= 0.6 is 0 Å². The van der Waals surface area contributed by atoms with Gasteiger partial charge in [0.2, 0.25) is 0 Å². The third-order valence-corrected chi connectivity index (χ3v) is 6.47. The molecule has 1 aliphatic heterocycles. The van der Waals surface area contributed by atoms with Crippen LogP contribution < -0.4 is 15.0 Å². The van der Waals surface area contributed by atoms with E-state index in [1.54, 1.807) is 30.3 Å². The molecule has 1 aliphatic rings. The number of nitro benzene ring substituents is 1. The van der Waals surface area contributed by atoms with Gasteiger partial charge in [-0.3, -0.25) is 25.0 Å². The Morgan fingerprint density at radius 3 is 2.28 bits per heavy atom. The first kappa shape index (κ1) is 25.3. The fourth-order valence-electron chi connectivity index (χ4n) is 4.34. The van der Waals surface area contributed by atoms with Gasteiger partial charge < -0.3 is 4.74 Å². The Morgan fingerprint density at radius 1 is 0.897 bits per heavy atom.